The average molecular weight is 610 g/mol. The van der Waals surface area contributed by atoms with Crippen molar-refractivity contribution >= 4 is 44.9 Å². The van der Waals surface area contributed by atoms with Crippen molar-refractivity contribution in [2.75, 3.05) is 44.3 Å². The lowest BCUT2D eigenvalue weighted by atomic mass is 10.2. The van der Waals surface area contributed by atoms with Crippen molar-refractivity contribution in [1.82, 2.24) is 19.4 Å². The summed E-state index contributed by atoms with van der Waals surface area (Å²) in [4.78, 5) is 28.0. The second-order valence-electron chi connectivity index (χ2n) is 10.8. The van der Waals surface area contributed by atoms with Gasteiger partial charge in [-0.05, 0) is 43.7 Å². The number of thiophene rings is 1. The van der Waals surface area contributed by atoms with Crippen molar-refractivity contribution in [2.24, 2.45) is 0 Å². The van der Waals surface area contributed by atoms with Gasteiger partial charge in [-0.3, -0.25) is 9.88 Å². The molecule has 3 aliphatic heterocycles. The number of nitrogens with zero attached hydrogens (tertiary/aromatic N) is 5. The molecule has 0 spiro atoms. The van der Waals surface area contributed by atoms with E-state index in [-0.39, 0.29) is 12.1 Å². The summed E-state index contributed by atoms with van der Waals surface area (Å²) >= 11 is 7.44. The van der Waals surface area contributed by atoms with E-state index in [9.17, 15) is 4.79 Å². The predicted octanol–water partition coefficient (Wildman–Crippen LogP) is 5.08. The third-order valence-corrected chi connectivity index (χ3v) is 9.23. The summed E-state index contributed by atoms with van der Waals surface area (Å²) in [6, 6.07) is 11.5. The second kappa shape index (κ2) is 11.0. The molecule has 6 heterocycles. The summed E-state index contributed by atoms with van der Waals surface area (Å²) in [5.74, 6) is 1.12. The fourth-order valence-electron chi connectivity index (χ4n) is 5.68. The molecule has 4 aromatic rings. The second-order valence-corrected chi connectivity index (χ2v) is 12.3. The van der Waals surface area contributed by atoms with Crippen LogP contribution in [-0.2, 0) is 28.4 Å². The Hall–Kier alpha value is -3.38. The lowest BCUT2D eigenvalue weighted by molar-refractivity contribution is -0.0716. The molecule has 0 saturated carbocycles. The molecule has 3 aromatic heterocycles. The van der Waals surface area contributed by atoms with E-state index in [0.717, 1.165) is 79.9 Å². The SMILES string of the molecule is CCOC(=O)c1cc2c(nc(CN3CCN(c4cccc5c4O[C@](C)(c4ccc(Cl)cn4)O5)CC3)n2C[C@@H]2CCO2)s1. The van der Waals surface area contributed by atoms with Gasteiger partial charge in [-0.2, -0.15) is 0 Å². The van der Waals surface area contributed by atoms with Crippen LogP contribution in [0.4, 0.5) is 5.69 Å². The highest BCUT2D eigenvalue weighted by Gasteiger charge is 2.42. The standard InChI is InChI=1S/C30H32ClN5O5S/c1-3-38-29(37)24-15-22-28(42-24)33-26(36(22)17-20-9-14-39-20)18-34-10-12-35(13-11-34)21-5-4-6-23-27(21)41-30(2,40-23)25-8-7-19(31)16-32-25/h4-8,15-16,20H,3,9-14,17-18H2,1-2H3/t20-,30+/m0/s1. The number of halogens is 1. The van der Waals surface area contributed by atoms with Crippen LogP contribution in [0.25, 0.3) is 10.3 Å². The van der Waals surface area contributed by atoms with Gasteiger partial charge in [0.05, 0.1) is 42.0 Å². The number of piperazine rings is 1. The molecule has 1 aromatic carbocycles. The molecule has 42 heavy (non-hydrogen) atoms. The van der Waals surface area contributed by atoms with Gasteiger partial charge >= 0.3 is 5.97 Å². The molecule has 12 heteroatoms. The Morgan fingerprint density at radius 1 is 1.19 bits per heavy atom. The fourth-order valence-corrected chi connectivity index (χ4v) is 6.74. The molecule has 2 saturated heterocycles. The lowest BCUT2D eigenvalue weighted by Crippen LogP contribution is -2.46. The summed E-state index contributed by atoms with van der Waals surface area (Å²) < 4.78 is 25.9. The van der Waals surface area contributed by atoms with Crippen LogP contribution in [0.3, 0.4) is 0 Å². The Morgan fingerprint density at radius 2 is 2.02 bits per heavy atom. The van der Waals surface area contributed by atoms with Crippen molar-refractivity contribution in [3.05, 3.63) is 64.0 Å². The van der Waals surface area contributed by atoms with Crippen LogP contribution in [0, 0.1) is 0 Å². The number of carbonyl (C=O) groups is 1. The number of hydrogen-bond acceptors (Lipinski definition) is 10. The zero-order valence-corrected chi connectivity index (χ0v) is 25.1. The van der Waals surface area contributed by atoms with E-state index >= 15 is 0 Å². The van der Waals surface area contributed by atoms with E-state index in [1.165, 1.54) is 11.3 Å². The number of aromatic nitrogens is 3. The van der Waals surface area contributed by atoms with E-state index in [1.54, 1.807) is 12.3 Å². The first kappa shape index (κ1) is 27.5. The van der Waals surface area contributed by atoms with Crippen LogP contribution in [0.1, 0.15) is 41.5 Å². The van der Waals surface area contributed by atoms with E-state index < -0.39 is 5.79 Å². The number of ether oxygens (including phenoxy) is 4. The van der Waals surface area contributed by atoms with E-state index in [2.05, 4.69) is 25.4 Å². The van der Waals surface area contributed by atoms with Gasteiger partial charge in [0.15, 0.2) is 11.5 Å². The Bertz CT molecular complexity index is 1610. The van der Waals surface area contributed by atoms with Gasteiger partial charge in [-0.15, -0.1) is 11.3 Å². The van der Waals surface area contributed by atoms with Crippen LogP contribution < -0.4 is 14.4 Å². The van der Waals surface area contributed by atoms with Gasteiger partial charge in [0.25, 0.3) is 5.79 Å². The van der Waals surface area contributed by atoms with Gasteiger partial charge in [-0.1, -0.05) is 17.7 Å². The molecule has 10 nitrogen and oxygen atoms in total. The lowest BCUT2D eigenvalue weighted by Gasteiger charge is -2.36. The summed E-state index contributed by atoms with van der Waals surface area (Å²) in [6.07, 6.45) is 2.82. The Labute approximate surface area is 252 Å². The summed E-state index contributed by atoms with van der Waals surface area (Å²) in [5.41, 5.74) is 2.65. The average Bonchev–Trinajstić information content (AvgIpc) is 3.62. The van der Waals surface area contributed by atoms with Gasteiger partial charge in [0.2, 0.25) is 0 Å². The summed E-state index contributed by atoms with van der Waals surface area (Å²) in [5, 5.41) is 0.566. The molecule has 2 atom stereocenters. The number of carbonyl (C=O) groups excluding carboxylic acids is 1. The molecule has 0 N–H and O–H groups in total. The maximum atomic E-state index is 12.3. The van der Waals surface area contributed by atoms with Crippen LogP contribution in [0.15, 0.2) is 42.6 Å². The van der Waals surface area contributed by atoms with Crippen molar-refractivity contribution in [3.8, 4) is 11.5 Å². The van der Waals surface area contributed by atoms with Crippen LogP contribution >= 0.6 is 22.9 Å². The van der Waals surface area contributed by atoms with Crippen LogP contribution in [0.2, 0.25) is 5.02 Å². The van der Waals surface area contributed by atoms with Crippen LogP contribution in [-0.4, -0.2) is 70.9 Å². The number of pyridine rings is 1. The number of rotatable bonds is 8. The number of para-hydroxylation sites is 1. The zero-order valence-electron chi connectivity index (χ0n) is 23.5. The molecular formula is C30H32ClN5O5S. The van der Waals surface area contributed by atoms with E-state index in [4.69, 9.17) is 35.5 Å². The number of esters is 1. The first-order valence-electron chi connectivity index (χ1n) is 14.3. The number of hydrogen-bond donors (Lipinski definition) is 0. The fraction of sp³-hybridized carbons (Fsp3) is 0.433. The van der Waals surface area contributed by atoms with Crippen molar-refractivity contribution in [2.45, 2.75) is 45.2 Å². The zero-order chi connectivity index (χ0) is 28.8. The van der Waals surface area contributed by atoms with Crippen LogP contribution in [0.5, 0.6) is 11.5 Å². The maximum absolute atomic E-state index is 12.3. The molecule has 0 unspecified atom stereocenters. The van der Waals surface area contributed by atoms with Gasteiger partial charge in [0, 0.05) is 45.9 Å². The number of benzene rings is 1. The molecule has 0 radical (unpaired) electrons. The third kappa shape index (κ3) is 5.08. The summed E-state index contributed by atoms with van der Waals surface area (Å²) in [7, 11) is 0. The maximum Gasteiger partial charge on any atom is 0.348 e. The van der Waals surface area contributed by atoms with Gasteiger partial charge in [-0.25, -0.2) is 9.78 Å². The van der Waals surface area contributed by atoms with Gasteiger partial charge < -0.3 is 28.4 Å². The van der Waals surface area contributed by atoms with Gasteiger partial charge in [0.1, 0.15) is 21.2 Å². The molecule has 3 aliphatic rings. The summed E-state index contributed by atoms with van der Waals surface area (Å²) in [6.45, 7) is 9.72. The molecule has 0 aliphatic carbocycles. The Balaban J connectivity index is 1.05. The minimum Gasteiger partial charge on any atom is -0.462 e. The van der Waals surface area contributed by atoms with Crippen molar-refractivity contribution in [1.29, 1.82) is 0 Å². The first-order chi connectivity index (χ1) is 20.4. The first-order valence-corrected chi connectivity index (χ1v) is 15.5. The highest BCUT2D eigenvalue weighted by Crippen LogP contribution is 2.49. The highest BCUT2D eigenvalue weighted by molar-refractivity contribution is 7.20. The van der Waals surface area contributed by atoms with Crippen molar-refractivity contribution in [3.63, 3.8) is 0 Å². The van der Waals surface area contributed by atoms with E-state index in [1.807, 2.05) is 38.1 Å². The smallest absolute Gasteiger partial charge is 0.348 e. The normalized spacial score (nSPS) is 22.0. The Kier molecular flexibility index (Phi) is 7.21. The topological polar surface area (TPSA) is 91.2 Å². The molecule has 0 bridgehead atoms. The monoisotopic (exact) mass is 609 g/mol. The minimum absolute atomic E-state index is 0.181. The Morgan fingerprint density at radius 3 is 2.74 bits per heavy atom. The largest absolute Gasteiger partial charge is 0.462 e. The predicted molar refractivity (Wildman–Crippen MR) is 160 cm³/mol. The molecule has 220 valence electrons. The van der Waals surface area contributed by atoms with Crippen molar-refractivity contribution < 1.29 is 23.7 Å². The number of imidazole rings is 1. The molecule has 0 amide bonds. The highest BCUT2D eigenvalue weighted by atomic mass is 35.5. The molecule has 7 rings (SSSR count). The number of fused-ring (bicyclic) bond motifs is 2. The molecular weight excluding hydrogens is 578 g/mol. The quantitative estimate of drug-likeness (QED) is 0.254. The minimum atomic E-state index is -1.02. The third-order valence-electron chi connectivity index (χ3n) is 8.01. The van der Waals surface area contributed by atoms with E-state index in [0.29, 0.717) is 28.0 Å². The number of anilines is 1. The molecule has 2 fully saturated rings.